The number of aliphatic imine (C=N–C) groups is 1. The van der Waals surface area contributed by atoms with Crippen molar-refractivity contribution < 1.29 is 14.3 Å². The smallest absolute Gasteiger partial charge is 0.264 e. The van der Waals surface area contributed by atoms with E-state index in [0.717, 1.165) is 25.9 Å². The van der Waals surface area contributed by atoms with Gasteiger partial charge in [-0.2, -0.15) is 0 Å². The van der Waals surface area contributed by atoms with Crippen LogP contribution in [0.15, 0.2) is 40.2 Å². The van der Waals surface area contributed by atoms with Gasteiger partial charge in [0.05, 0.1) is 27.9 Å². The summed E-state index contributed by atoms with van der Waals surface area (Å²) in [5.74, 6) is 1.21. The van der Waals surface area contributed by atoms with E-state index in [1.54, 1.807) is 7.11 Å². The first-order valence-corrected chi connectivity index (χ1v) is 10.7. The molecule has 0 saturated carbocycles. The fourth-order valence-corrected chi connectivity index (χ4v) is 4.49. The van der Waals surface area contributed by atoms with Gasteiger partial charge >= 0.3 is 0 Å². The molecule has 1 fully saturated rings. The molecular formula is C21H21IN2O3S. The van der Waals surface area contributed by atoms with Crippen LogP contribution in [0.5, 0.6) is 11.5 Å². The number of hydrogen-bond donors (Lipinski definition) is 1. The number of nitrogens with one attached hydrogen (secondary N) is 1. The van der Waals surface area contributed by atoms with Crippen LogP contribution in [0.1, 0.15) is 23.6 Å². The van der Waals surface area contributed by atoms with Crippen LogP contribution in [0, 0.1) is 17.4 Å². The highest BCUT2D eigenvalue weighted by atomic mass is 127. The number of hydrogen-bond acceptors (Lipinski definition) is 5. The maximum Gasteiger partial charge on any atom is 0.264 e. The molecule has 1 N–H and O–H groups in total. The van der Waals surface area contributed by atoms with Gasteiger partial charge in [-0.05, 0) is 102 Å². The monoisotopic (exact) mass is 508 g/mol. The number of halogens is 1. The van der Waals surface area contributed by atoms with E-state index in [1.807, 2.05) is 51.1 Å². The second-order valence-corrected chi connectivity index (χ2v) is 8.49. The van der Waals surface area contributed by atoms with Crippen molar-refractivity contribution in [3.05, 3.63) is 55.5 Å². The van der Waals surface area contributed by atoms with E-state index >= 15 is 0 Å². The normalized spacial score (nSPS) is 16.5. The van der Waals surface area contributed by atoms with Crippen molar-refractivity contribution >= 4 is 57.2 Å². The number of amides is 1. The molecule has 2 aromatic rings. The predicted molar refractivity (Wildman–Crippen MR) is 124 cm³/mol. The molecule has 0 spiro atoms. The number of nitrogens with zero attached hydrogens (tertiary/aromatic N) is 1. The van der Waals surface area contributed by atoms with Crippen molar-refractivity contribution in [2.75, 3.05) is 13.7 Å². The number of ether oxygens (including phenoxy) is 2. The number of amidine groups is 1. The number of carbonyl (C=O) groups is 1. The van der Waals surface area contributed by atoms with Crippen LogP contribution >= 0.6 is 34.4 Å². The van der Waals surface area contributed by atoms with Crippen LogP contribution in [-0.4, -0.2) is 24.8 Å². The molecule has 0 bridgehead atoms. The molecular weight excluding hydrogens is 487 g/mol. The van der Waals surface area contributed by atoms with Gasteiger partial charge in [-0.15, -0.1) is 0 Å². The molecule has 28 heavy (non-hydrogen) atoms. The summed E-state index contributed by atoms with van der Waals surface area (Å²) in [7, 11) is 1.61. The summed E-state index contributed by atoms with van der Waals surface area (Å²) in [4.78, 5) is 17.5. The van der Waals surface area contributed by atoms with Crippen molar-refractivity contribution in [1.29, 1.82) is 0 Å². The largest absolute Gasteiger partial charge is 0.493 e. The molecule has 0 atom stereocenters. The molecule has 0 aromatic heterocycles. The summed E-state index contributed by atoms with van der Waals surface area (Å²) in [5.41, 5.74) is 3.98. The third-order valence-electron chi connectivity index (χ3n) is 3.93. The fraction of sp³-hybridized carbons (Fsp3) is 0.238. The van der Waals surface area contributed by atoms with Crippen LogP contribution in [0.2, 0.25) is 0 Å². The Hall–Kier alpha value is -2.00. The van der Waals surface area contributed by atoms with Gasteiger partial charge in [-0.1, -0.05) is 6.07 Å². The summed E-state index contributed by atoms with van der Waals surface area (Å²) in [6.07, 6.45) is 1.84. The highest BCUT2D eigenvalue weighted by Gasteiger charge is 2.24. The number of carbonyl (C=O) groups excluding carboxylic acids is 1. The molecule has 3 rings (SSSR count). The van der Waals surface area contributed by atoms with E-state index in [1.165, 1.54) is 11.8 Å². The van der Waals surface area contributed by atoms with E-state index in [9.17, 15) is 4.79 Å². The number of rotatable bonds is 5. The Bertz CT molecular complexity index is 966. The lowest BCUT2D eigenvalue weighted by Crippen LogP contribution is -2.19. The zero-order chi connectivity index (χ0) is 20.3. The highest BCUT2D eigenvalue weighted by Crippen LogP contribution is 2.36. The van der Waals surface area contributed by atoms with E-state index in [-0.39, 0.29) is 5.91 Å². The first kappa shape index (κ1) is 20.7. The minimum atomic E-state index is -0.156. The first-order chi connectivity index (χ1) is 13.4. The minimum Gasteiger partial charge on any atom is -0.493 e. The van der Waals surface area contributed by atoms with Gasteiger partial charge in [0.1, 0.15) is 0 Å². The molecule has 1 heterocycles. The Labute approximate surface area is 182 Å². The quantitative estimate of drug-likeness (QED) is 0.445. The number of benzene rings is 2. The van der Waals surface area contributed by atoms with Crippen LogP contribution in [0.4, 0.5) is 5.69 Å². The minimum absolute atomic E-state index is 0.156. The molecule has 5 nitrogen and oxygen atoms in total. The average Bonchev–Trinajstić information content (AvgIpc) is 2.95. The maximum atomic E-state index is 12.4. The number of aryl methyl sites for hydroxylation is 2. The third-order valence-corrected chi connectivity index (χ3v) is 5.64. The van der Waals surface area contributed by atoms with Gasteiger partial charge in [0, 0.05) is 0 Å². The molecule has 1 aliphatic rings. The first-order valence-electron chi connectivity index (χ1n) is 8.77. The van der Waals surface area contributed by atoms with Crippen LogP contribution in [-0.2, 0) is 4.79 Å². The molecule has 0 radical (unpaired) electrons. The number of methoxy groups -OCH3 is 1. The van der Waals surface area contributed by atoms with E-state index in [0.29, 0.717) is 28.2 Å². The zero-order valence-corrected chi connectivity index (χ0v) is 19.1. The van der Waals surface area contributed by atoms with Gasteiger partial charge in [0.15, 0.2) is 16.7 Å². The maximum absolute atomic E-state index is 12.4. The third kappa shape index (κ3) is 4.88. The highest BCUT2D eigenvalue weighted by molar-refractivity contribution is 14.1. The zero-order valence-electron chi connectivity index (χ0n) is 16.1. The second kappa shape index (κ2) is 9.00. The Morgan fingerprint density at radius 2 is 1.89 bits per heavy atom. The number of thioether (sulfide) groups is 1. The average molecular weight is 508 g/mol. The Morgan fingerprint density at radius 3 is 2.54 bits per heavy atom. The summed E-state index contributed by atoms with van der Waals surface area (Å²) in [6.45, 7) is 6.55. The fourth-order valence-electron chi connectivity index (χ4n) is 2.87. The van der Waals surface area contributed by atoms with Crippen molar-refractivity contribution in [3.8, 4) is 11.5 Å². The van der Waals surface area contributed by atoms with Gasteiger partial charge in [-0.3, -0.25) is 4.79 Å². The van der Waals surface area contributed by atoms with Crippen LogP contribution in [0.3, 0.4) is 0 Å². The van der Waals surface area contributed by atoms with E-state index in [2.05, 4.69) is 39.0 Å². The van der Waals surface area contributed by atoms with E-state index < -0.39 is 0 Å². The summed E-state index contributed by atoms with van der Waals surface area (Å²) in [5, 5.41) is 3.41. The molecule has 0 aliphatic carbocycles. The van der Waals surface area contributed by atoms with Gasteiger partial charge in [0.25, 0.3) is 5.91 Å². The summed E-state index contributed by atoms with van der Waals surface area (Å²) >= 11 is 3.54. The van der Waals surface area contributed by atoms with Gasteiger partial charge < -0.3 is 14.8 Å². The molecule has 1 aliphatic heterocycles. The SMILES string of the molecule is CCOc1c(I)cc(/C=C2\SC(=Nc3cc(C)cc(C)c3)NC2=O)cc1OC. The topological polar surface area (TPSA) is 59.9 Å². The summed E-state index contributed by atoms with van der Waals surface area (Å²) < 4.78 is 12.0. The van der Waals surface area contributed by atoms with Crippen molar-refractivity contribution in [1.82, 2.24) is 5.32 Å². The standard InChI is InChI=1S/C21H21IN2O3S/c1-5-27-19-16(22)9-14(10-17(19)26-4)11-18-20(25)24-21(28-18)23-15-7-12(2)6-13(3)8-15/h6-11H,5H2,1-4H3,(H,23,24,25)/b18-11-. The molecule has 2 aromatic carbocycles. The molecule has 7 heteroatoms. The Kier molecular flexibility index (Phi) is 6.66. The Balaban J connectivity index is 1.88. The predicted octanol–water partition coefficient (Wildman–Crippen LogP) is 5.21. The van der Waals surface area contributed by atoms with E-state index in [4.69, 9.17) is 9.47 Å². The van der Waals surface area contributed by atoms with Crippen LogP contribution in [0.25, 0.3) is 6.08 Å². The van der Waals surface area contributed by atoms with Gasteiger partial charge in [-0.25, -0.2) is 4.99 Å². The van der Waals surface area contributed by atoms with Crippen molar-refractivity contribution in [2.24, 2.45) is 4.99 Å². The van der Waals surface area contributed by atoms with Crippen LogP contribution < -0.4 is 14.8 Å². The van der Waals surface area contributed by atoms with Crippen molar-refractivity contribution in [2.45, 2.75) is 20.8 Å². The lowest BCUT2D eigenvalue weighted by Gasteiger charge is -2.12. The molecule has 146 valence electrons. The molecule has 1 saturated heterocycles. The summed E-state index contributed by atoms with van der Waals surface area (Å²) in [6, 6.07) is 9.92. The lowest BCUT2D eigenvalue weighted by atomic mass is 10.1. The second-order valence-electron chi connectivity index (χ2n) is 6.29. The Morgan fingerprint density at radius 1 is 1.18 bits per heavy atom. The van der Waals surface area contributed by atoms with Crippen molar-refractivity contribution in [3.63, 3.8) is 0 Å². The van der Waals surface area contributed by atoms with Gasteiger partial charge in [0.2, 0.25) is 0 Å². The molecule has 0 unspecified atom stereocenters. The lowest BCUT2D eigenvalue weighted by molar-refractivity contribution is -0.115. The molecule has 1 amide bonds.